The van der Waals surface area contributed by atoms with Gasteiger partial charge in [-0.15, -0.1) is 0 Å². The second-order valence-corrected chi connectivity index (χ2v) is 6.92. The Kier molecular flexibility index (Phi) is 2.74. The highest BCUT2D eigenvalue weighted by atomic mass is 32.2. The van der Waals surface area contributed by atoms with E-state index in [0.717, 1.165) is 25.7 Å². The zero-order valence-electron chi connectivity index (χ0n) is 9.99. The molecule has 2 aliphatic rings. The predicted molar refractivity (Wildman–Crippen MR) is 66.1 cm³/mol. The molecule has 2 fully saturated rings. The third-order valence-electron chi connectivity index (χ3n) is 3.34. The lowest BCUT2D eigenvalue weighted by Gasteiger charge is -2.21. The molecule has 0 aromatic carbocycles. The van der Waals surface area contributed by atoms with Crippen LogP contribution in [0.5, 0.6) is 0 Å². The van der Waals surface area contributed by atoms with Crippen LogP contribution in [-0.4, -0.2) is 35.3 Å². The molecule has 2 saturated carbocycles. The van der Waals surface area contributed by atoms with Crippen LogP contribution in [0.25, 0.3) is 0 Å². The SMILES string of the molecule is Nc1ncc(S(=O)(=O)N(CC2CC2)C2CC2)cn1. The molecule has 1 heterocycles. The average Bonchev–Trinajstić information content (AvgIpc) is 3.19. The first kappa shape index (κ1) is 11.9. The minimum atomic E-state index is -3.46. The van der Waals surface area contributed by atoms with Crippen LogP contribution in [0.2, 0.25) is 0 Å². The quantitative estimate of drug-likeness (QED) is 0.845. The molecule has 0 saturated heterocycles. The van der Waals surface area contributed by atoms with E-state index in [0.29, 0.717) is 12.5 Å². The van der Waals surface area contributed by atoms with Gasteiger partial charge in [-0.1, -0.05) is 0 Å². The second-order valence-electron chi connectivity index (χ2n) is 5.03. The van der Waals surface area contributed by atoms with Crippen LogP contribution in [0.15, 0.2) is 17.3 Å². The maximum atomic E-state index is 12.5. The molecule has 2 N–H and O–H groups in total. The molecule has 18 heavy (non-hydrogen) atoms. The molecule has 0 bridgehead atoms. The van der Waals surface area contributed by atoms with Gasteiger partial charge in [0.2, 0.25) is 16.0 Å². The largest absolute Gasteiger partial charge is 0.368 e. The summed E-state index contributed by atoms with van der Waals surface area (Å²) >= 11 is 0. The lowest BCUT2D eigenvalue weighted by molar-refractivity contribution is 0.388. The smallest absolute Gasteiger partial charge is 0.246 e. The molecule has 6 nitrogen and oxygen atoms in total. The fourth-order valence-corrected chi connectivity index (χ4v) is 3.61. The Morgan fingerprint density at radius 1 is 1.22 bits per heavy atom. The van der Waals surface area contributed by atoms with E-state index in [1.54, 1.807) is 4.31 Å². The van der Waals surface area contributed by atoms with E-state index in [4.69, 9.17) is 5.73 Å². The van der Waals surface area contributed by atoms with Gasteiger partial charge in [0.05, 0.1) is 12.4 Å². The van der Waals surface area contributed by atoms with E-state index in [-0.39, 0.29) is 16.9 Å². The van der Waals surface area contributed by atoms with Gasteiger partial charge in [-0.25, -0.2) is 18.4 Å². The van der Waals surface area contributed by atoms with Gasteiger partial charge in [0, 0.05) is 12.6 Å². The van der Waals surface area contributed by atoms with E-state index in [9.17, 15) is 8.42 Å². The van der Waals surface area contributed by atoms with Crippen molar-refractivity contribution in [3.8, 4) is 0 Å². The van der Waals surface area contributed by atoms with Crippen LogP contribution < -0.4 is 5.73 Å². The first-order chi connectivity index (χ1) is 8.57. The maximum absolute atomic E-state index is 12.5. The fourth-order valence-electron chi connectivity index (χ4n) is 1.96. The summed E-state index contributed by atoms with van der Waals surface area (Å²) in [7, 11) is -3.46. The number of hydrogen-bond acceptors (Lipinski definition) is 5. The number of anilines is 1. The Morgan fingerprint density at radius 3 is 2.33 bits per heavy atom. The van der Waals surface area contributed by atoms with Crippen molar-refractivity contribution in [1.82, 2.24) is 14.3 Å². The van der Waals surface area contributed by atoms with E-state index >= 15 is 0 Å². The highest BCUT2D eigenvalue weighted by Crippen LogP contribution is 2.37. The lowest BCUT2D eigenvalue weighted by Crippen LogP contribution is -2.35. The van der Waals surface area contributed by atoms with Crippen molar-refractivity contribution < 1.29 is 8.42 Å². The minimum absolute atomic E-state index is 0.0918. The molecule has 0 amide bonds. The number of sulfonamides is 1. The van der Waals surface area contributed by atoms with Crippen molar-refractivity contribution in [3.63, 3.8) is 0 Å². The molecule has 1 aromatic heterocycles. The highest BCUT2D eigenvalue weighted by Gasteiger charge is 2.41. The number of aromatic nitrogens is 2. The molecule has 0 aliphatic heterocycles. The van der Waals surface area contributed by atoms with Gasteiger partial charge in [0.1, 0.15) is 4.90 Å². The number of nitrogens with two attached hydrogens (primary N) is 1. The molecule has 3 rings (SSSR count). The summed E-state index contributed by atoms with van der Waals surface area (Å²) in [6.45, 7) is 0.636. The Balaban J connectivity index is 1.88. The Morgan fingerprint density at radius 2 is 1.83 bits per heavy atom. The summed E-state index contributed by atoms with van der Waals surface area (Å²) in [5.74, 6) is 0.629. The van der Waals surface area contributed by atoms with Crippen LogP contribution in [0.3, 0.4) is 0 Å². The third kappa shape index (κ3) is 2.32. The molecular weight excluding hydrogens is 252 g/mol. The van der Waals surface area contributed by atoms with Crippen LogP contribution in [0.1, 0.15) is 25.7 Å². The summed E-state index contributed by atoms with van der Waals surface area (Å²) in [6, 6.07) is 0.174. The van der Waals surface area contributed by atoms with E-state index in [1.807, 2.05) is 0 Å². The zero-order valence-corrected chi connectivity index (χ0v) is 10.8. The normalized spacial score (nSPS) is 20.3. The molecule has 1 aromatic rings. The second kappa shape index (κ2) is 4.17. The molecule has 98 valence electrons. The van der Waals surface area contributed by atoms with Crippen molar-refractivity contribution in [2.24, 2.45) is 5.92 Å². The summed E-state index contributed by atoms with van der Waals surface area (Å²) in [6.07, 6.45) is 6.78. The molecule has 0 spiro atoms. The van der Waals surface area contributed by atoms with E-state index in [1.165, 1.54) is 12.4 Å². The van der Waals surface area contributed by atoms with Gasteiger partial charge in [-0.3, -0.25) is 0 Å². The third-order valence-corrected chi connectivity index (χ3v) is 5.22. The van der Waals surface area contributed by atoms with Crippen LogP contribution >= 0.6 is 0 Å². The van der Waals surface area contributed by atoms with E-state index < -0.39 is 10.0 Å². The van der Waals surface area contributed by atoms with Crippen LogP contribution in [-0.2, 0) is 10.0 Å². The topological polar surface area (TPSA) is 89.2 Å². The molecule has 7 heteroatoms. The highest BCUT2D eigenvalue weighted by molar-refractivity contribution is 7.89. The number of rotatable bonds is 5. The molecule has 2 aliphatic carbocycles. The number of nitrogens with zero attached hydrogens (tertiary/aromatic N) is 3. The van der Waals surface area contributed by atoms with Gasteiger partial charge in [0.15, 0.2) is 0 Å². The van der Waals surface area contributed by atoms with Crippen molar-refractivity contribution in [2.45, 2.75) is 36.6 Å². The van der Waals surface area contributed by atoms with Crippen molar-refractivity contribution in [2.75, 3.05) is 12.3 Å². The zero-order chi connectivity index (χ0) is 12.8. The average molecular weight is 268 g/mol. The number of hydrogen-bond donors (Lipinski definition) is 1. The maximum Gasteiger partial charge on any atom is 0.246 e. The first-order valence-corrected chi connectivity index (χ1v) is 7.61. The van der Waals surface area contributed by atoms with Crippen LogP contribution in [0, 0.1) is 5.92 Å². The standard InChI is InChI=1S/C11H16N4O2S/c12-11-13-5-10(6-14-11)18(16,17)15(9-3-4-9)7-8-1-2-8/h5-6,8-9H,1-4,7H2,(H2,12,13,14). The number of nitrogen functional groups attached to an aromatic ring is 1. The molecule has 0 radical (unpaired) electrons. The van der Waals surface area contributed by atoms with Crippen molar-refractivity contribution in [3.05, 3.63) is 12.4 Å². The predicted octanol–water partition coefficient (Wildman–Crippen LogP) is 0.622. The Bertz CT molecular complexity index is 535. The summed E-state index contributed by atoms with van der Waals surface area (Å²) in [5.41, 5.74) is 5.38. The van der Waals surface area contributed by atoms with Gasteiger partial charge >= 0.3 is 0 Å². The molecule has 0 unspecified atom stereocenters. The van der Waals surface area contributed by atoms with Crippen LogP contribution in [0.4, 0.5) is 5.95 Å². The van der Waals surface area contributed by atoms with Gasteiger partial charge in [-0.2, -0.15) is 4.31 Å². The van der Waals surface area contributed by atoms with Crippen molar-refractivity contribution in [1.29, 1.82) is 0 Å². The Labute approximate surface area is 106 Å². The Hall–Kier alpha value is -1.21. The van der Waals surface area contributed by atoms with Gasteiger partial charge < -0.3 is 5.73 Å². The van der Waals surface area contributed by atoms with Gasteiger partial charge in [0.25, 0.3) is 0 Å². The minimum Gasteiger partial charge on any atom is -0.368 e. The summed E-state index contributed by atoms with van der Waals surface area (Å²) < 4.78 is 26.6. The molecular formula is C11H16N4O2S. The van der Waals surface area contributed by atoms with Gasteiger partial charge in [-0.05, 0) is 31.6 Å². The monoisotopic (exact) mass is 268 g/mol. The first-order valence-electron chi connectivity index (χ1n) is 6.17. The lowest BCUT2D eigenvalue weighted by atomic mass is 10.4. The van der Waals surface area contributed by atoms with E-state index in [2.05, 4.69) is 9.97 Å². The summed E-state index contributed by atoms with van der Waals surface area (Å²) in [4.78, 5) is 7.67. The fraction of sp³-hybridized carbons (Fsp3) is 0.636. The van der Waals surface area contributed by atoms with Crippen molar-refractivity contribution >= 4 is 16.0 Å². The molecule has 0 atom stereocenters. The summed E-state index contributed by atoms with van der Waals surface area (Å²) in [5, 5.41) is 0.